The van der Waals surface area contributed by atoms with Crippen LogP contribution in [0.1, 0.15) is 66.7 Å². The molecule has 0 radical (unpaired) electrons. The molecule has 2 amide bonds. The SMILES string of the molecule is C=C(Nc1ccc(C)c(C#Cc2ccccn2)c1)Nc1sc(C(C)(C)C)cc1C(=O)N1CCNC(=O)C1(C)C. The van der Waals surface area contributed by atoms with Crippen molar-refractivity contribution in [3.8, 4) is 11.8 Å². The lowest BCUT2D eigenvalue weighted by molar-refractivity contribution is -0.133. The van der Waals surface area contributed by atoms with Crippen LogP contribution in [0.25, 0.3) is 0 Å². The Labute approximate surface area is 234 Å². The maximum atomic E-state index is 13.8. The van der Waals surface area contributed by atoms with Gasteiger partial charge in [0.05, 0.1) is 5.56 Å². The molecule has 0 bridgehead atoms. The van der Waals surface area contributed by atoms with Crippen LogP contribution in [0.3, 0.4) is 0 Å². The van der Waals surface area contributed by atoms with Crippen LogP contribution in [-0.4, -0.2) is 40.3 Å². The Bertz CT molecular complexity index is 1470. The molecule has 39 heavy (non-hydrogen) atoms. The molecule has 7 nitrogen and oxygen atoms in total. The van der Waals surface area contributed by atoms with Gasteiger partial charge in [-0.15, -0.1) is 11.3 Å². The normalized spacial score (nSPS) is 14.6. The van der Waals surface area contributed by atoms with Crippen LogP contribution in [0.4, 0.5) is 10.7 Å². The number of nitrogens with one attached hydrogen (secondary N) is 3. The third-order valence-electron chi connectivity index (χ3n) is 6.59. The number of anilines is 2. The number of aromatic nitrogens is 1. The number of nitrogens with zero attached hydrogens (tertiary/aromatic N) is 2. The molecule has 1 aromatic carbocycles. The fourth-order valence-electron chi connectivity index (χ4n) is 4.16. The molecule has 8 heteroatoms. The maximum absolute atomic E-state index is 13.8. The first-order valence-corrected chi connectivity index (χ1v) is 13.7. The summed E-state index contributed by atoms with van der Waals surface area (Å²) in [6.07, 6.45) is 1.72. The summed E-state index contributed by atoms with van der Waals surface area (Å²) in [6.45, 7) is 16.9. The van der Waals surface area contributed by atoms with Crippen molar-refractivity contribution >= 4 is 33.8 Å². The van der Waals surface area contributed by atoms with Gasteiger partial charge in [-0.2, -0.15) is 0 Å². The van der Waals surface area contributed by atoms with Crippen molar-refractivity contribution in [2.45, 2.75) is 52.5 Å². The summed E-state index contributed by atoms with van der Waals surface area (Å²) < 4.78 is 0. The zero-order valence-electron chi connectivity index (χ0n) is 23.4. The number of hydrogen-bond donors (Lipinski definition) is 3. The molecule has 3 aromatic rings. The van der Waals surface area contributed by atoms with Gasteiger partial charge in [0.2, 0.25) is 5.91 Å². The Kier molecular flexibility index (Phi) is 7.84. The molecule has 202 valence electrons. The maximum Gasteiger partial charge on any atom is 0.257 e. The summed E-state index contributed by atoms with van der Waals surface area (Å²) in [5.41, 5.74) is 2.89. The molecule has 1 fully saturated rings. The quantitative estimate of drug-likeness (QED) is 0.372. The highest BCUT2D eigenvalue weighted by Gasteiger charge is 2.41. The number of hydrogen-bond acceptors (Lipinski definition) is 6. The molecule has 4 rings (SSSR count). The lowest BCUT2D eigenvalue weighted by Crippen LogP contribution is -2.63. The lowest BCUT2D eigenvalue weighted by Gasteiger charge is -2.41. The standard InChI is InChI=1S/C31H35N5O2S/c1-20-11-13-24(18-22(20)12-14-23-10-8-9-15-32-23)34-21(2)35-27-25(19-26(39-27)30(3,4)5)28(37)36-17-16-33-29(38)31(36,6)7/h8-11,13,15,18-19,34-35H,2,16-17H2,1,3-7H3,(H,33,38). The molecule has 0 atom stereocenters. The number of thiophene rings is 1. The van der Waals surface area contributed by atoms with E-state index in [1.54, 1.807) is 24.9 Å². The van der Waals surface area contributed by atoms with Crippen molar-refractivity contribution in [2.24, 2.45) is 0 Å². The van der Waals surface area contributed by atoms with Gasteiger partial charge in [-0.25, -0.2) is 4.98 Å². The minimum atomic E-state index is -0.944. The minimum absolute atomic E-state index is 0.151. The predicted molar refractivity (Wildman–Crippen MR) is 159 cm³/mol. The van der Waals surface area contributed by atoms with Crippen LogP contribution in [0.5, 0.6) is 0 Å². The van der Waals surface area contributed by atoms with Gasteiger partial charge >= 0.3 is 0 Å². The van der Waals surface area contributed by atoms with Crippen molar-refractivity contribution in [3.63, 3.8) is 0 Å². The highest BCUT2D eigenvalue weighted by molar-refractivity contribution is 7.16. The summed E-state index contributed by atoms with van der Waals surface area (Å²) in [4.78, 5) is 33.3. The van der Waals surface area contributed by atoms with Crippen LogP contribution < -0.4 is 16.0 Å². The van der Waals surface area contributed by atoms with Crippen molar-refractivity contribution in [2.75, 3.05) is 23.7 Å². The van der Waals surface area contributed by atoms with Gasteiger partial charge in [0, 0.05) is 35.4 Å². The number of rotatable bonds is 5. The summed E-state index contributed by atoms with van der Waals surface area (Å²) >= 11 is 1.52. The van der Waals surface area contributed by atoms with E-state index in [0.29, 0.717) is 35.2 Å². The topological polar surface area (TPSA) is 86.4 Å². The fraction of sp³-hybridized carbons (Fsp3) is 0.323. The summed E-state index contributed by atoms with van der Waals surface area (Å²) in [6, 6.07) is 13.5. The molecule has 0 spiro atoms. The van der Waals surface area contributed by atoms with Gasteiger partial charge in [0.25, 0.3) is 5.91 Å². The molecular formula is C31H35N5O2S. The highest BCUT2D eigenvalue weighted by atomic mass is 32.1. The molecule has 1 aliphatic rings. The van der Waals surface area contributed by atoms with E-state index >= 15 is 0 Å². The zero-order valence-corrected chi connectivity index (χ0v) is 24.2. The second-order valence-electron chi connectivity index (χ2n) is 11.1. The first-order chi connectivity index (χ1) is 18.4. The first kappa shape index (κ1) is 27.9. The average Bonchev–Trinajstić information content (AvgIpc) is 3.30. The largest absolute Gasteiger partial charge is 0.352 e. The second kappa shape index (κ2) is 11.0. The van der Waals surface area contributed by atoms with Crippen molar-refractivity contribution in [3.05, 3.63) is 88.3 Å². The van der Waals surface area contributed by atoms with E-state index in [1.807, 2.05) is 49.4 Å². The Morgan fingerprint density at radius 1 is 1.15 bits per heavy atom. The lowest BCUT2D eigenvalue weighted by atomic mass is 9.93. The van der Waals surface area contributed by atoms with Crippen LogP contribution in [0.2, 0.25) is 0 Å². The van der Waals surface area contributed by atoms with Crippen molar-refractivity contribution in [1.82, 2.24) is 15.2 Å². The highest BCUT2D eigenvalue weighted by Crippen LogP contribution is 2.38. The molecule has 2 aromatic heterocycles. The molecular weight excluding hydrogens is 506 g/mol. The Morgan fingerprint density at radius 3 is 2.62 bits per heavy atom. The molecule has 1 saturated heterocycles. The Balaban J connectivity index is 1.57. The third kappa shape index (κ3) is 6.32. The zero-order chi connectivity index (χ0) is 28.4. The van der Waals surface area contributed by atoms with Crippen LogP contribution in [0.15, 0.2) is 61.1 Å². The van der Waals surface area contributed by atoms with E-state index in [9.17, 15) is 9.59 Å². The summed E-state index contributed by atoms with van der Waals surface area (Å²) in [7, 11) is 0. The van der Waals surface area contributed by atoms with E-state index in [4.69, 9.17) is 0 Å². The van der Waals surface area contributed by atoms with Gasteiger partial charge in [-0.1, -0.05) is 45.4 Å². The molecule has 0 saturated carbocycles. The van der Waals surface area contributed by atoms with E-state index in [1.165, 1.54) is 11.3 Å². The van der Waals surface area contributed by atoms with Gasteiger partial charge in [0.1, 0.15) is 22.1 Å². The molecule has 1 aliphatic heterocycles. The number of benzene rings is 1. The van der Waals surface area contributed by atoms with Crippen molar-refractivity contribution in [1.29, 1.82) is 0 Å². The number of pyridine rings is 1. The Hall–Kier alpha value is -4.09. The molecule has 3 N–H and O–H groups in total. The van der Waals surface area contributed by atoms with E-state index < -0.39 is 5.54 Å². The van der Waals surface area contributed by atoms with E-state index in [0.717, 1.165) is 21.7 Å². The van der Waals surface area contributed by atoms with E-state index in [2.05, 4.69) is 60.1 Å². The van der Waals surface area contributed by atoms with Gasteiger partial charge in [0.15, 0.2) is 0 Å². The van der Waals surface area contributed by atoms with Crippen LogP contribution in [0, 0.1) is 18.8 Å². The first-order valence-electron chi connectivity index (χ1n) is 12.9. The summed E-state index contributed by atoms with van der Waals surface area (Å²) in [5, 5.41) is 10.2. The number of piperazine rings is 1. The molecule has 0 unspecified atom stereocenters. The smallest absolute Gasteiger partial charge is 0.257 e. The second-order valence-corrected chi connectivity index (χ2v) is 12.2. The Morgan fingerprint density at radius 2 is 1.92 bits per heavy atom. The van der Waals surface area contributed by atoms with Crippen LogP contribution in [-0.2, 0) is 10.2 Å². The number of amides is 2. The fourth-order valence-corrected chi connectivity index (χ4v) is 5.29. The number of carbonyl (C=O) groups excluding carboxylic acids is 2. The molecule has 3 heterocycles. The van der Waals surface area contributed by atoms with Gasteiger partial charge < -0.3 is 20.9 Å². The summed E-state index contributed by atoms with van der Waals surface area (Å²) in [5.74, 6) is 6.49. The number of aryl methyl sites for hydroxylation is 1. The predicted octanol–water partition coefficient (Wildman–Crippen LogP) is 5.49. The van der Waals surface area contributed by atoms with Crippen LogP contribution >= 0.6 is 11.3 Å². The monoisotopic (exact) mass is 541 g/mol. The van der Waals surface area contributed by atoms with Crippen molar-refractivity contribution < 1.29 is 9.59 Å². The minimum Gasteiger partial charge on any atom is -0.352 e. The molecule has 0 aliphatic carbocycles. The average molecular weight is 542 g/mol. The van der Waals surface area contributed by atoms with Gasteiger partial charge in [-0.05, 0) is 68.0 Å². The van der Waals surface area contributed by atoms with E-state index in [-0.39, 0.29) is 17.2 Å². The third-order valence-corrected chi connectivity index (χ3v) is 8.06. The number of carbonyl (C=O) groups is 2. The van der Waals surface area contributed by atoms with Gasteiger partial charge in [-0.3, -0.25) is 9.59 Å².